The van der Waals surface area contributed by atoms with Crippen LogP contribution in [0.5, 0.6) is 0 Å². The summed E-state index contributed by atoms with van der Waals surface area (Å²) in [7, 11) is 0. The molecular formula is C18H24FN3O3. The highest BCUT2D eigenvalue weighted by atomic mass is 19.1. The number of rotatable bonds is 5. The van der Waals surface area contributed by atoms with Crippen molar-refractivity contribution in [2.75, 3.05) is 39.4 Å². The number of likely N-dealkylation sites (tertiary alicyclic amines) is 1. The summed E-state index contributed by atoms with van der Waals surface area (Å²) < 4.78 is 18.3. The van der Waals surface area contributed by atoms with Crippen molar-refractivity contribution in [3.63, 3.8) is 0 Å². The van der Waals surface area contributed by atoms with E-state index in [1.54, 1.807) is 0 Å². The summed E-state index contributed by atoms with van der Waals surface area (Å²) in [4.78, 5) is 25.9. The number of halogens is 1. The molecule has 0 radical (unpaired) electrons. The monoisotopic (exact) mass is 349 g/mol. The SMILES string of the molecule is O=C(NCCNC(=O)N1CC[C@H]([C@@H]2CCOC2)C1)c1ccc(F)cc1. The van der Waals surface area contributed by atoms with Crippen molar-refractivity contribution >= 4 is 11.9 Å². The van der Waals surface area contributed by atoms with E-state index in [2.05, 4.69) is 10.6 Å². The highest BCUT2D eigenvalue weighted by molar-refractivity contribution is 5.94. The molecule has 25 heavy (non-hydrogen) atoms. The molecule has 2 aliphatic heterocycles. The third-order valence-corrected chi connectivity index (χ3v) is 4.94. The molecule has 2 atom stereocenters. The van der Waals surface area contributed by atoms with Gasteiger partial charge in [0.2, 0.25) is 0 Å². The number of carbonyl (C=O) groups is 2. The Labute approximate surface area is 146 Å². The summed E-state index contributed by atoms with van der Waals surface area (Å²) in [6.45, 7) is 3.89. The zero-order valence-electron chi connectivity index (χ0n) is 14.2. The number of nitrogens with zero attached hydrogens (tertiary/aromatic N) is 1. The number of amides is 3. The average Bonchev–Trinajstić information content (AvgIpc) is 3.29. The van der Waals surface area contributed by atoms with Gasteiger partial charge >= 0.3 is 6.03 Å². The maximum atomic E-state index is 12.8. The third kappa shape index (κ3) is 4.69. The second kappa shape index (κ2) is 8.29. The normalized spacial score (nSPS) is 22.8. The maximum Gasteiger partial charge on any atom is 0.317 e. The number of carbonyl (C=O) groups excluding carboxylic acids is 2. The minimum Gasteiger partial charge on any atom is -0.381 e. The first-order valence-corrected chi connectivity index (χ1v) is 8.78. The zero-order valence-corrected chi connectivity index (χ0v) is 14.2. The van der Waals surface area contributed by atoms with Gasteiger partial charge in [-0.2, -0.15) is 0 Å². The van der Waals surface area contributed by atoms with E-state index in [9.17, 15) is 14.0 Å². The van der Waals surface area contributed by atoms with Crippen LogP contribution in [0, 0.1) is 17.7 Å². The van der Waals surface area contributed by atoms with E-state index in [0.29, 0.717) is 30.5 Å². The molecule has 1 aromatic rings. The Kier molecular flexibility index (Phi) is 5.86. The van der Waals surface area contributed by atoms with Crippen LogP contribution < -0.4 is 10.6 Å². The topological polar surface area (TPSA) is 70.7 Å². The van der Waals surface area contributed by atoms with Crippen molar-refractivity contribution in [2.45, 2.75) is 12.8 Å². The Bertz CT molecular complexity index is 602. The molecule has 2 heterocycles. The van der Waals surface area contributed by atoms with Crippen LogP contribution in [0.1, 0.15) is 23.2 Å². The van der Waals surface area contributed by atoms with Gasteiger partial charge in [0, 0.05) is 45.0 Å². The first kappa shape index (κ1) is 17.7. The van der Waals surface area contributed by atoms with Crippen molar-refractivity contribution in [1.82, 2.24) is 15.5 Å². The van der Waals surface area contributed by atoms with Gasteiger partial charge < -0.3 is 20.3 Å². The fourth-order valence-electron chi connectivity index (χ4n) is 3.44. The smallest absolute Gasteiger partial charge is 0.317 e. The van der Waals surface area contributed by atoms with E-state index in [4.69, 9.17) is 4.74 Å². The highest BCUT2D eigenvalue weighted by Gasteiger charge is 2.33. The van der Waals surface area contributed by atoms with Crippen LogP contribution in [0.2, 0.25) is 0 Å². The zero-order chi connectivity index (χ0) is 17.6. The Morgan fingerprint density at radius 1 is 1.12 bits per heavy atom. The molecule has 0 spiro atoms. The van der Waals surface area contributed by atoms with Crippen LogP contribution in [0.25, 0.3) is 0 Å². The summed E-state index contributed by atoms with van der Waals surface area (Å²) in [5, 5.41) is 5.54. The van der Waals surface area contributed by atoms with Crippen LogP contribution in [0.4, 0.5) is 9.18 Å². The Morgan fingerprint density at radius 2 is 1.88 bits per heavy atom. The molecule has 2 fully saturated rings. The van der Waals surface area contributed by atoms with Gasteiger partial charge in [-0.25, -0.2) is 9.18 Å². The lowest BCUT2D eigenvalue weighted by molar-refractivity contribution is 0.0953. The molecule has 0 saturated carbocycles. The number of urea groups is 1. The van der Waals surface area contributed by atoms with Crippen LogP contribution in [-0.4, -0.2) is 56.2 Å². The fraction of sp³-hybridized carbons (Fsp3) is 0.556. The Morgan fingerprint density at radius 3 is 2.60 bits per heavy atom. The van der Waals surface area contributed by atoms with E-state index in [1.807, 2.05) is 4.90 Å². The quantitative estimate of drug-likeness (QED) is 0.794. The Hall–Kier alpha value is -2.15. The van der Waals surface area contributed by atoms with E-state index in [1.165, 1.54) is 24.3 Å². The highest BCUT2D eigenvalue weighted by Crippen LogP contribution is 2.29. The third-order valence-electron chi connectivity index (χ3n) is 4.94. The van der Waals surface area contributed by atoms with Crippen molar-refractivity contribution in [2.24, 2.45) is 11.8 Å². The maximum absolute atomic E-state index is 12.8. The van der Waals surface area contributed by atoms with Crippen molar-refractivity contribution in [3.05, 3.63) is 35.6 Å². The number of hydrogen-bond acceptors (Lipinski definition) is 3. The van der Waals surface area contributed by atoms with Gasteiger partial charge in [-0.1, -0.05) is 0 Å². The second-order valence-electron chi connectivity index (χ2n) is 6.61. The molecular weight excluding hydrogens is 325 g/mol. The lowest BCUT2D eigenvalue weighted by atomic mass is 9.91. The van der Waals surface area contributed by atoms with Crippen molar-refractivity contribution < 1.29 is 18.7 Å². The summed E-state index contributed by atoms with van der Waals surface area (Å²) in [5.74, 6) is 0.452. The van der Waals surface area contributed by atoms with Gasteiger partial charge in [0.15, 0.2) is 0 Å². The first-order valence-electron chi connectivity index (χ1n) is 8.78. The molecule has 1 aromatic carbocycles. The van der Waals surface area contributed by atoms with Crippen molar-refractivity contribution in [3.8, 4) is 0 Å². The Balaban J connectivity index is 1.34. The molecule has 6 nitrogen and oxygen atoms in total. The molecule has 2 N–H and O–H groups in total. The predicted molar refractivity (Wildman–Crippen MR) is 90.7 cm³/mol. The van der Waals surface area contributed by atoms with E-state index >= 15 is 0 Å². The summed E-state index contributed by atoms with van der Waals surface area (Å²) in [6.07, 6.45) is 2.12. The van der Waals surface area contributed by atoms with Gasteiger partial charge in [-0.3, -0.25) is 4.79 Å². The van der Waals surface area contributed by atoms with Crippen LogP contribution in [-0.2, 0) is 4.74 Å². The molecule has 2 saturated heterocycles. The lowest BCUT2D eigenvalue weighted by Gasteiger charge is -2.19. The van der Waals surface area contributed by atoms with Crippen LogP contribution in [0.3, 0.4) is 0 Å². The van der Waals surface area contributed by atoms with Gasteiger partial charge in [0.25, 0.3) is 5.91 Å². The van der Waals surface area contributed by atoms with Crippen molar-refractivity contribution in [1.29, 1.82) is 0 Å². The molecule has 0 aliphatic carbocycles. The summed E-state index contributed by atoms with van der Waals surface area (Å²) >= 11 is 0. The first-order chi connectivity index (χ1) is 12.1. The number of hydrogen-bond donors (Lipinski definition) is 2. The summed E-state index contributed by atoms with van der Waals surface area (Å²) in [5.41, 5.74) is 0.397. The minimum atomic E-state index is -0.378. The molecule has 3 amide bonds. The van der Waals surface area contributed by atoms with Crippen LogP contribution in [0.15, 0.2) is 24.3 Å². The summed E-state index contributed by atoms with van der Waals surface area (Å²) in [6, 6.07) is 5.27. The molecule has 2 aliphatic rings. The molecule has 3 rings (SSSR count). The molecule has 0 unspecified atom stereocenters. The van der Waals surface area contributed by atoms with Crippen LogP contribution >= 0.6 is 0 Å². The lowest BCUT2D eigenvalue weighted by Crippen LogP contribution is -2.42. The predicted octanol–water partition coefficient (Wildman–Crippen LogP) is 1.62. The number of benzene rings is 1. The second-order valence-corrected chi connectivity index (χ2v) is 6.61. The van der Waals surface area contributed by atoms with Gasteiger partial charge in [0.05, 0.1) is 0 Å². The average molecular weight is 349 g/mol. The molecule has 0 bridgehead atoms. The number of ether oxygens (including phenoxy) is 1. The number of nitrogens with one attached hydrogen (secondary N) is 2. The van der Waals surface area contributed by atoms with Gasteiger partial charge in [-0.05, 0) is 48.9 Å². The van der Waals surface area contributed by atoms with Gasteiger partial charge in [0.1, 0.15) is 5.82 Å². The fourth-order valence-corrected chi connectivity index (χ4v) is 3.44. The standard InChI is InChI=1S/C18H24FN3O3/c19-16-3-1-13(2-4-16)17(23)20-7-8-21-18(24)22-9-5-14(11-22)15-6-10-25-12-15/h1-4,14-15H,5-12H2,(H,20,23)(H,21,24)/t14-,15+/m0/s1. The van der Waals surface area contributed by atoms with Gasteiger partial charge in [-0.15, -0.1) is 0 Å². The largest absolute Gasteiger partial charge is 0.381 e. The minimum absolute atomic E-state index is 0.0857. The molecule has 7 heteroatoms. The molecule has 0 aromatic heterocycles. The van der Waals surface area contributed by atoms with E-state index < -0.39 is 0 Å². The van der Waals surface area contributed by atoms with E-state index in [-0.39, 0.29) is 17.8 Å². The van der Waals surface area contributed by atoms with E-state index in [0.717, 1.165) is 39.1 Å². The molecule has 136 valence electrons.